The molecule has 1 fully saturated rings. The molecule has 0 bridgehead atoms. The van der Waals surface area contributed by atoms with E-state index in [1.54, 1.807) is 12.4 Å². The monoisotopic (exact) mass is 380 g/mol. The zero-order chi connectivity index (χ0) is 19.9. The molecule has 0 spiro atoms. The second-order valence-electron chi connectivity index (χ2n) is 8.13. The predicted molar refractivity (Wildman–Crippen MR) is 114 cm³/mol. The van der Waals surface area contributed by atoms with Crippen molar-refractivity contribution in [2.75, 3.05) is 32.0 Å². The lowest BCUT2D eigenvalue weighted by Crippen LogP contribution is -2.48. The SMILES string of the molecule is CC(C)c1ccc(NC2CCCN(C(=O)CN(C)Cc3ccncc3)C2)cc1. The molecule has 1 aliphatic rings. The quantitative estimate of drug-likeness (QED) is 0.795. The number of hydrogen-bond acceptors (Lipinski definition) is 4. The van der Waals surface area contributed by atoms with Gasteiger partial charge in [-0.3, -0.25) is 14.7 Å². The number of hydrogen-bond donors (Lipinski definition) is 1. The van der Waals surface area contributed by atoms with Gasteiger partial charge in [0.1, 0.15) is 0 Å². The standard InChI is InChI=1S/C23H32N4O/c1-18(2)20-6-8-21(9-7-20)25-22-5-4-14-27(16-22)23(28)17-26(3)15-19-10-12-24-13-11-19/h6-13,18,22,25H,4-5,14-17H2,1-3H3. The Labute approximate surface area is 168 Å². The van der Waals surface area contributed by atoms with Crippen LogP contribution in [-0.2, 0) is 11.3 Å². The number of likely N-dealkylation sites (N-methyl/N-ethyl adjacent to an activating group) is 1. The van der Waals surface area contributed by atoms with E-state index in [1.165, 1.54) is 11.1 Å². The Morgan fingerprint density at radius 3 is 2.61 bits per heavy atom. The Hall–Kier alpha value is -2.40. The molecule has 1 aliphatic heterocycles. The van der Waals surface area contributed by atoms with Gasteiger partial charge in [-0.05, 0) is 61.2 Å². The summed E-state index contributed by atoms with van der Waals surface area (Å²) in [6, 6.07) is 13.0. The molecular weight excluding hydrogens is 348 g/mol. The molecule has 1 saturated heterocycles. The first-order valence-corrected chi connectivity index (χ1v) is 10.2. The van der Waals surface area contributed by atoms with E-state index in [9.17, 15) is 4.79 Å². The van der Waals surface area contributed by atoms with Crippen LogP contribution in [0.15, 0.2) is 48.8 Å². The highest BCUT2D eigenvalue weighted by Gasteiger charge is 2.24. The summed E-state index contributed by atoms with van der Waals surface area (Å²) in [6.45, 7) is 7.24. The summed E-state index contributed by atoms with van der Waals surface area (Å²) >= 11 is 0. The van der Waals surface area contributed by atoms with Crippen LogP contribution in [-0.4, -0.2) is 53.4 Å². The predicted octanol–water partition coefficient (Wildman–Crippen LogP) is 3.74. The van der Waals surface area contributed by atoms with Gasteiger partial charge >= 0.3 is 0 Å². The maximum atomic E-state index is 12.8. The fourth-order valence-electron chi connectivity index (χ4n) is 3.71. The summed E-state index contributed by atoms with van der Waals surface area (Å²) in [5, 5.41) is 3.61. The highest BCUT2D eigenvalue weighted by atomic mass is 16.2. The summed E-state index contributed by atoms with van der Waals surface area (Å²) in [4.78, 5) is 20.9. The van der Waals surface area contributed by atoms with Gasteiger partial charge in [-0.1, -0.05) is 26.0 Å². The molecule has 1 unspecified atom stereocenters. The number of benzene rings is 1. The third-order valence-electron chi connectivity index (χ3n) is 5.33. The van der Waals surface area contributed by atoms with Crippen molar-refractivity contribution in [2.45, 2.75) is 45.2 Å². The smallest absolute Gasteiger partial charge is 0.236 e. The summed E-state index contributed by atoms with van der Waals surface area (Å²) in [7, 11) is 1.99. The van der Waals surface area contributed by atoms with Crippen LogP contribution in [0.4, 0.5) is 5.69 Å². The van der Waals surface area contributed by atoms with E-state index in [2.05, 4.69) is 53.3 Å². The number of carbonyl (C=O) groups excluding carboxylic acids is 1. The van der Waals surface area contributed by atoms with Crippen LogP contribution in [0.25, 0.3) is 0 Å². The van der Waals surface area contributed by atoms with Crippen molar-refractivity contribution in [3.8, 4) is 0 Å². The van der Waals surface area contributed by atoms with Crippen LogP contribution in [0.1, 0.15) is 43.7 Å². The van der Waals surface area contributed by atoms with E-state index >= 15 is 0 Å². The number of amides is 1. The highest BCUT2D eigenvalue weighted by Crippen LogP contribution is 2.20. The molecule has 28 heavy (non-hydrogen) atoms. The number of likely N-dealkylation sites (tertiary alicyclic amines) is 1. The molecule has 2 aromatic rings. The topological polar surface area (TPSA) is 48.5 Å². The Balaban J connectivity index is 1.50. The van der Waals surface area contributed by atoms with Crippen LogP contribution in [0, 0.1) is 0 Å². The van der Waals surface area contributed by atoms with Crippen LogP contribution in [0.3, 0.4) is 0 Å². The van der Waals surface area contributed by atoms with Crippen molar-refractivity contribution in [1.29, 1.82) is 0 Å². The second kappa shape index (κ2) is 9.69. The molecule has 3 rings (SSSR count). The van der Waals surface area contributed by atoms with Crippen molar-refractivity contribution in [3.05, 3.63) is 59.9 Å². The van der Waals surface area contributed by atoms with Gasteiger partial charge in [-0.25, -0.2) is 0 Å². The molecule has 1 aromatic heterocycles. The molecule has 5 nitrogen and oxygen atoms in total. The van der Waals surface area contributed by atoms with Crippen LogP contribution >= 0.6 is 0 Å². The van der Waals surface area contributed by atoms with E-state index < -0.39 is 0 Å². The maximum absolute atomic E-state index is 12.8. The first kappa shape index (κ1) is 20.3. The molecule has 0 aliphatic carbocycles. The van der Waals surface area contributed by atoms with Gasteiger partial charge in [0, 0.05) is 43.8 Å². The minimum atomic E-state index is 0.207. The Kier molecular flexibility index (Phi) is 7.04. The minimum absolute atomic E-state index is 0.207. The molecular formula is C23H32N4O. The van der Waals surface area contributed by atoms with Crippen molar-refractivity contribution in [1.82, 2.24) is 14.8 Å². The second-order valence-corrected chi connectivity index (χ2v) is 8.13. The number of nitrogens with zero attached hydrogens (tertiary/aromatic N) is 3. The summed E-state index contributed by atoms with van der Waals surface area (Å²) in [5.41, 5.74) is 3.66. The third-order valence-corrected chi connectivity index (χ3v) is 5.33. The average Bonchev–Trinajstić information content (AvgIpc) is 2.69. The van der Waals surface area contributed by atoms with Crippen molar-refractivity contribution < 1.29 is 4.79 Å². The number of piperidine rings is 1. The van der Waals surface area contributed by atoms with Gasteiger partial charge in [-0.15, -0.1) is 0 Å². The first-order chi connectivity index (χ1) is 13.5. The lowest BCUT2D eigenvalue weighted by Gasteiger charge is -2.34. The Morgan fingerprint density at radius 1 is 1.21 bits per heavy atom. The van der Waals surface area contributed by atoms with Crippen LogP contribution in [0.5, 0.6) is 0 Å². The molecule has 150 valence electrons. The molecule has 1 amide bonds. The molecule has 1 N–H and O–H groups in total. The maximum Gasteiger partial charge on any atom is 0.236 e. The summed E-state index contributed by atoms with van der Waals surface area (Å²) in [6.07, 6.45) is 5.73. The van der Waals surface area contributed by atoms with Gasteiger partial charge in [0.05, 0.1) is 6.54 Å². The molecule has 1 atom stereocenters. The Morgan fingerprint density at radius 2 is 1.93 bits per heavy atom. The third kappa shape index (κ3) is 5.80. The van der Waals surface area contributed by atoms with Gasteiger partial charge in [0.2, 0.25) is 5.91 Å². The fourth-order valence-corrected chi connectivity index (χ4v) is 3.71. The number of carbonyl (C=O) groups is 1. The normalized spacial score (nSPS) is 17.2. The van der Waals surface area contributed by atoms with Gasteiger partial charge < -0.3 is 10.2 Å². The molecule has 0 radical (unpaired) electrons. The summed E-state index contributed by atoms with van der Waals surface area (Å²) < 4.78 is 0. The lowest BCUT2D eigenvalue weighted by atomic mass is 10.0. The van der Waals surface area contributed by atoms with E-state index in [4.69, 9.17) is 0 Å². The van der Waals surface area contributed by atoms with Gasteiger partial charge in [0.25, 0.3) is 0 Å². The zero-order valence-electron chi connectivity index (χ0n) is 17.3. The van der Waals surface area contributed by atoms with Gasteiger partial charge in [0.15, 0.2) is 0 Å². The molecule has 5 heteroatoms. The number of rotatable bonds is 7. The highest BCUT2D eigenvalue weighted by molar-refractivity contribution is 5.78. The fraction of sp³-hybridized carbons (Fsp3) is 0.478. The number of anilines is 1. The minimum Gasteiger partial charge on any atom is -0.381 e. The summed E-state index contributed by atoms with van der Waals surface area (Å²) in [5.74, 6) is 0.749. The van der Waals surface area contributed by atoms with Crippen molar-refractivity contribution in [3.63, 3.8) is 0 Å². The Bertz CT molecular complexity index is 745. The molecule has 0 saturated carbocycles. The first-order valence-electron chi connectivity index (χ1n) is 10.2. The van der Waals surface area contributed by atoms with E-state index in [-0.39, 0.29) is 5.91 Å². The zero-order valence-corrected chi connectivity index (χ0v) is 17.3. The van der Waals surface area contributed by atoms with E-state index in [1.807, 2.05) is 24.1 Å². The lowest BCUT2D eigenvalue weighted by molar-refractivity contribution is -0.133. The van der Waals surface area contributed by atoms with Crippen molar-refractivity contribution in [2.24, 2.45) is 0 Å². The van der Waals surface area contributed by atoms with Gasteiger partial charge in [-0.2, -0.15) is 0 Å². The van der Waals surface area contributed by atoms with Crippen LogP contribution < -0.4 is 5.32 Å². The number of aromatic nitrogens is 1. The number of nitrogens with one attached hydrogen (secondary N) is 1. The number of pyridine rings is 1. The van der Waals surface area contributed by atoms with Crippen molar-refractivity contribution >= 4 is 11.6 Å². The molecule has 2 heterocycles. The molecule has 1 aromatic carbocycles. The van der Waals surface area contributed by atoms with E-state index in [0.29, 0.717) is 18.5 Å². The van der Waals surface area contributed by atoms with Crippen LogP contribution in [0.2, 0.25) is 0 Å². The average molecular weight is 381 g/mol. The largest absolute Gasteiger partial charge is 0.381 e. The van der Waals surface area contributed by atoms with E-state index in [0.717, 1.165) is 38.2 Å².